The number of rotatable bonds is 0. The minimum Gasteiger partial charge on any atom is -0.307 e. The molecule has 3 heteroatoms. The summed E-state index contributed by atoms with van der Waals surface area (Å²) in [6.07, 6.45) is 8.00. The summed E-state index contributed by atoms with van der Waals surface area (Å²) in [5.74, 6) is -0.117. The molecule has 23 heavy (non-hydrogen) atoms. The van der Waals surface area contributed by atoms with E-state index >= 15 is 0 Å². The van der Waals surface area contributed by atoms with Gasteiger partial charge in [0.05, 0.1) is 0 Å². The van der Waals surface area contributed by atoms with Crippen molar-refractivity contribution in [2.75, 3.05) is 0 Å². The van der Waals surface area contributed by atoms with Crippen molar-refractivity contribution >= 4 is 18.4 Å². The van der Waals surface area contributed by atoms with Crippen molar-refractivity contribution in [3.63, 3.8) is 0 Å². The molecular formula is C20H20O3. The summed E-state index contributed by atoms with van der Waals surface area (Å²) >= 11 is 0. The van der Waals surface area contributed by atoms with E-state index in [0.29, 0.717) is 22.3 Å². The lowest BCUT2D eigenvalue weighted by atomic mass is 9.83. The van der Waals surface area contributed by atoms with Crippen LogP contribution in [-0.2, 0) is 4.79 Å². The van der Waals surface area contributed by atoms with Gasteiger partial charge in [-0.3, -0.25) is 9.59 Å². The molecule has 1 aliphatic carbocycles. The van der Waals surface area contributed by atoms with Crippen molar-refractivity contribution in [1.29, 1.82) is 0 Å². The molecule has 0 bridgehead atoms. The van der Waals surface area contributed by atoms with Gasteiger partial charge in [0.15, 0.2) is 11.6 Å². The molecule has 2 aromatic rings. The Morgan fingerprint density at radius 2 is 1.13 bits per heavy atom. The minimum atomic E-state index is -0.0600. The molecule has 0 saturated carbocycles. The highest BCUT2D eigenvalue weighted by Crippen LogP contribution is 2.27. The first-order chi connectivity index (χ1) is 11.2. The largest absolute Gasteiger partial charge is 0.307 e. The summed E-state index contributed by atoms with van der Waals surface area (Å²) in [7, 11) is 0. The highest BCUT2D eigenvalue weighted by atomic mass is 16.1. The molecular weight excluding hydrogens is 288 g/mol. The van der Waals surface area contributed by atoms with Crippen LogP contribution < -0.4 is 0 Å². The van der Waals surface area contributed by atoms with Crippen LogP contribution in [0.4, 0.5) is 0 Å². The van der Waals surface area contributed by atoms with Crippen LogP contribution in [0.15, 0.2) is 42.5 Å². The number of fused-ring (bicyclic) bond motifs is 2. The Bertz CT molecular complexity index is 712. The zero-order chi connectivity index (χ0) is 18.0. The van der Waals surface area contributed by atoms with Gasteiger partial charge in [-0.2, -0.15) is 0 Å². The van der Waals surface area contributed by atoms with Gasteiger partial charge in [0.25, 0.3) is 0 Å². The highest BCUT2D eigenvalue weighted by Gasteiger charge is 2.28. The SMILES string of the molecule is C#C.C=O.CC.Cc1ccc2c(c1)C(=O)c1ccccc1C2=O. The second kappa shape index (κ2) is 9.86. The molecule has 0 radical (unpaired) electrons. The van der Waals surface area contributed by atoms with E-state index in [1.54, 1.807) is 36.4 Å². The van der Waals surface area contributed by atoms with Crippen molar-refractivity contribution in [3.8, 4) is 12.8 Å². The first-order valence-corrected chi connectivity index (χ1v) is 7.10. The summed E-state index contributed by atoms with van der Waals surface area (Å²) < 4.78 is 0. The van der Waals surface area contributed by atoms with E-state index < -0.39 is 0 Å². The molecule has 0 spiro atoms. The third-order valence-electron chi connectivity index (χ3n) is 3.08. The van der Waals surface area contributed by atoms with E-state index in [4.69, 9.17) is 4.79 Å². The Morgan fingerprint density at radius 1 is 0.739 bits per heavy atom. The molecule has 0 atom stereocenters. The van der Waals surface area contributed by atoms with Crippen molar-refractivity contribution in [1.82, 2.24) is 0 Å². The number of aryl methyl sites for hydroxylation is 1. The number of ketones is 2. The van der Waals surface area contributed by atoms with E-state index in [2.05, 4.69) is 12.8 Å². The molecule has 3 rings (SSSR count). The fourth-order valence-electron chi connectivity index (χ4n) is 2.21. The smallest absolute Gasteiger partial charge is 0.194 e. The van der Waals surface area contributed by atoms with Gasteiger partial charge in [0.2, 0.25) is 0 Å². The van der Waals surface area contributed by atoms with Gasteiger partial charge in [-0.15, -0.1) is 12.8 Å². The Balaban J connectivity index is 0.000000728. The van der Waals surface area contributed by atoms with E-state index in [0.717, 1.165) is 5.56 Å². The van der Waals surface area contributed by atoms with Crippen molar-refractivity contribution < 1.29 is 14.4 Å². The van der Waals surface area contributed by atoms with Gasteiger partial charge in [-0.25, -0.2) is 0 Å². The predicted octanol–water partition coefficient (Wildman–Crippen LogP) is 3.86. The van der Waals surface area contributed by atoms with Crippen molar-refractivity contribution in [3.05, 3.63) is 70.3 Å². The van der Waals surface area contributed by atoms with Gasteiger partial charge >= 0.3 is 0 Å². The van der Waals surface area contributed by atoms with Crippen molar-refractivity contribution in [2.45, 2.75) is 20.8 Å². The third kappa shape index (κ3) is 4.02. The molecule has 0 amide bonds. The molecule has 1 aliphatic rings. The highest BCUT2D eigenvalue weighted by molar-refractivity contribution is 6.28. The quantitative estimate of drug-likeness (QED) is 0.593. The summed E-state index contributed by atoms with van der Waals surface area (Å²) in [6, 6.07) is 12.4. The first kappa shape index (κ1) is 20.0. The van der Waals surface area contributed by atoms with Crippen LogP contribution in [0.3, 0.4) is 0 Å². The molecule has 2 aromatic carbocycles. The van der Waals surface area contributed by atoms with Crippen LogP contribution in [0.2, 0.25) is 0 Å². The number of benzene rings is 2. The Morgan fingerprint density at radius 3 is 1.61 bits per heavy atom. The standard InChI is InChI=1S/C15H10O2.C2H6.C2H2.CH2O/c1-9-6-7-12-13(8-9)15(17)11-5-3-2-4-10(11)14(12)16;3*1-2/h2-8H,1H3;1-2H3;1-2H;1H2. The van der Waals surface area contributed by atoms with Crippen LogP contribution >= 0.6 is 0 Å². The molecule has 0 aliphatic heterocycles. The van der Waals surface area contributed by atoms with Crippen LogP contribution in [0.25, 0.3) is 0 Å². The Hall–Kier alpha value is -2.99. The second-order valence-electron chi connectivity index (χ2n) is 4.25. The molecule has 0 unspecified atom stereocenters. The lowest BCUT2D eigenvalue weighted by Gasteiger charge is -2.17. The topological polar surface area (TPSA) is 51.2 Å². The normalized spacial score (nSPS) is 10.3. The second-order valence-corrected chi connectivity index (χ2v) is 4.25. The van der Waals surface area contributed by atoms with E-state index in [1.807, 2.05) is 33.6 Å². The van der Waals surface area contributed by atoms with Crippen molar-refractivity contribution in [2.24, 2.45) is 0 Å². The van der Waals surface area contributed by atoms with Crippen LogP contribution in [0, 0.1) is 19.8 Å². The molecule has 0 saturated heterocycles. The maximum atomic E-state index is 12.3. The number of carbonyl (C=O) groups excluding carboxylic acids is 3. The average molecular weight is 308 g/mol. The van der Waals surface area contributed by atoms with Crippen LogP contribution in [0.1, 0.15) is 51.3 Å². The summed E-state index contributed by atoms with van der Waals surface area (Å²) in [4.78, 5) is 32.5. The molecule has 0 aromatic heterocycles. The maximum absolute atomic E-state index is 12.3. The molecule has 0 heterocycles. The molecule has 0 N–H and O–H groups in total. The van der Waals surface area contributed by atoms with E-state index in [9.17, 15) is 9.59 Å². The van der Waals surface area contributed by atoms with E-state index in [-0.39, 0.29) is 11.6 Å². The summed E-state index contributed by atoms with van der Waals surface area (Å²) in [6.45, 7) is 7.92. The van der Waals surface area contributed by atoms with Gasteiger partial charge < -0.3 is 4.79 Å². The zero-order valence-electron chi connectivity index (χ0n) is 13.6. The Kier molecular flexibility index (Phi) is 8.58. The first-order valence-electron chi connectivity index (χ1n) is 7.10. The summed E-state index contributed by atoms with van der Waals surface area (Å²) in [5, 5.41) is 0. The summed E-state index contributed by atoms with van der Waals surface area (Å²) in [5.41, 5.74) is 3.04. The van der Waals surface area contributed by atoms with Gasteiger partial charge in [0.1, 0.15) is 6.79 Å². The molecule has 118 valence electrons. The van der Waals surface area contributed by atoms with Crippen LogP contribution in [-0.4, -0.2) is 18.4 Å². The third-order valence-corrected chi connectivity index (χ3v) is 3.08. The number of hydrogen-bond donors (Lipinski definition) is 0. The fourth-order valence-corrected chi connectivity index (χ4v) is 2.21. The zero-order valence-corrected chi connectivity index (χ0v) is 13.6. The minimum absolute atomic E-state index is 0.0566. The van der Waals surface area contributed by atoms with Gasteiger partial charge in [-0.05, 0) is 13.0 Å². The number of carbonyl (C=O) groups is 3. The fraction of sp³-hybridized carbons (Fsp3) is 0.150. The van der Waals surface area contributed by atoms with Gasteiger partial charge in [-0.1, -0.05) is 55.8 Å². The van der Waals surface area contributed by atoms with Gasteiger partial charge in [0, 0.05) is 22.3 Å². The lowest BCUT2D eigenvalue weighted by molar-refractivity contribution is -0.0980. The van der Waals surface area contributed by atoms with E-state index in [1.165, 1.54) is 0 Å². The number of terminal acetylenes is 1. The Labute approximate surface area is 137 Å². The predicted molar refractivity (Wildman–Crippen MR) is 92.8 cm³/mol. The van der Waals surface area contributed by atoms with Crippen LogP contribution in [0.5, 0.6) is 0 Å². The maximum Gasteiger partial charge on any atom is 0.194 e. The average Bonchev–Trinajstić information content (AvgIpc) is 2.64. The number of hydrogen-bond acceptors (Lipinski definition) is 3. The monoisotopic (exact) mass is 308 g/mol. The molecule has 0 fully saturated rings. The molecule has 3 nitrogen and oxygen atoms in total. The lowest BCUT2D eigenvalue weighted by Crippen LogP contribution is -2.20.